The second kappa shape index (κ2) is 16.3. The SMILES string of the molecule is CCCCCCCCCCNCCOC.Nc1cc(C(F)(F)F)c(Br)nc1C(=O)O. The highest BCUT2D eigenvalue weighted by atomic mass is 79.9. The number of nitrogens with zero attached hydrogens (tertiary/aromatic N) is 1. The van der Waals surface area contributed by atoms with Gasteiger partial charge < -0.3 is 20.9 Å². The predicted octanol–water partition coefficient (Wildman–Crippen LogP) is 5.51. The zero-order valence-corrected chi connectivity index (χ0v) is 19.2. The minimum absolute atomic E-state index is 0.528. The van der Waals surface area contributed by atoms with Crippen LogP contribution < -0.4 is 11.1 Å². The fourth-order valence-electron chi connectivity index (χ4n) is 2.56. The summed E-state index contributed by atoms with van der Waals surface area (Å²) in [6.45, 7) is 5.24. The summed E-state index contributed by atoms with van der Waals surface area (Å²) in [4.78, 5) is 13.7. The zero-order chi connectivity index (χ0) is 23.0. The van der Waals surface area contributed by atoms with E-state index >= 15 is 0 Å². The van der Waals surface area contributed by atoms with Crippen molar-refractivity contribution in [2.24, 2.45) is 0 Å². The van der Waals surface area contributed by atoms with E-state index in [9.17, 15) is 18.0 Å². The molecule has 0 bridgehead atoms. The van der Waals surface area contributed by atoms with E-state index in [0.29, 0.717) is 6.07 Å². The van der Waals surface area contributed by atoms with Crippen LogP contribution in [-0.2, 0) is 10.9 Å². The van der Waals surface area contributed by atoms with Gasteiger partial charge in [0.25, 0.3) is 0 Å². The number of nitrogens with one attached hydrogen (secondary N) is 1. The molecule has 0 aromatic carbocycles. The molecule has 6 nitrogen and oxygen atoms in total. The van der Waals surface area contributed by atoms with E-state index in [1.165, 1.54) is 51.4 Å². The molecule has 0 radical (unpaired) electrons. The maximum atomic E-state index is 12.3. The minimum atomic E-state index is -4.63. The number of halogens is 4. The van der Waals surface area contributed by atoms with Crippen LogP contribution >= 0.6 is 15.9 Å². The molecule has 0 aliphatic heterocycles. The monoisotopic (exact) mass is 499 g/mol. The Labute approximate surface area is 184 Å². The van der Waals surface area contributed by atoms with Gasteiger partial charge in [0.2, 0.25) is 0 Å². The molecule has 4 N–H and O–H groups in total. The molecule has 174 valence electrons. The molecule has 0 aliphatic carbocycles. The predicted molar refractivity (Wildman–Crippen MR) is 116 cm³/mol. The largest absolute Gasteiger partial charge is 0.476 e. The van der Waals surface area contributed by atoms with Gasteiger partial charge >= 0.3 is 12.1 Å². The molecule has 1 rings (SSSR count). The Morgan fingerprint density at radius 1 is 1.17 bits per heavy atom. The number of rotatable bonds is 13. The van der Waals surface area contributed by atoms with Crippen molar-refractivity contribution in [3.63, 3.8) is 0 Å². The van der Waals surface area contributed by atoms with Gasteiger partial charge in [-0.3, -0.25) is 0 Å². The molecule has 0 atom stereocenters. The van der Waals surface area contributed by atoms with Gasteiger partial charge in [0, 0.05) is 13.7 Å². The fraction of sp³-hybridized carbons (Fsp3) is 0.700. The highest BCUT2D eigenvalue weighted by Gasteiger charge is 2.35. The number of nitrogens with two attached hydrogens (primary N) is 1. The van der Waals surface area contributed by atoms with Crippen molar-refractivity contribution in [1.82, 2.24) is 10.3 Å². The molecule has 0 fully saturated rings. The van der Waals surface area contributed by atoms with Crippen LogP contribution in [0.25, 0.3) is 0 Å². The summed E-state index contributed by atoms with van der Waals surface area (Å²) in [6, 6.07) is 0.528. The summed E-state index contributed by atoms with van der Waals surface area (Å²) in [5.74, 6) is -1.48. The summed E-state index contributed by atoms with van der Waals surface area (Å²) in [7, 11) is 1.75. The standard InChI is InChI=1S/C13H29NO.C7H4BrF3N2O2/c1-3-4-5-6-7-8-9-10-11-14-12-13-15-2;8-5-2(7(9,10)11)1-3(12)4(13-5)6(14)15/h14H,3-13H2,1-2H3;1H,12H2,(H,14,15). The number of hydrogen-bond donors (Lipinski definition) is 3. The van der Waals surface area contributed by atoms with E-state index in [-0.39, 0.29) is 0 Å². The molecule has 0 amide bonds. The smallest absolute Gasteiger partial charge is 0.419 e. The average Bonchev–Trinajstić information content (AvgIpc) is 2.67. The molecule has 0 saturated carbocycles. The summed E-state index contributed by atoms with van der Waals surface area (Å²) < 4.78 is 41.2. The van der Waals surface area contributed by atoms with Gasteiger partial charge in [0.1, 0.15) is 4.60 Å². The van der Waals surface area contributed by atoms with E-state index in [1.807, 2.05) is 0 Å². The van der Waals surface area contributed by atoms with Gasteiger partial charge in [-0.25, -0.2) is 9.78 Å². The number of carboxylic acid groups (broad SMARTS) is 1. The van der Waals surface area contributed by atoms with Crippen LogP contribution in [0.3, 0.4) is 0 Å². The van der Waals surface area contributed by atoms with Gasteiger partial charge in [0.15, 0.2) is 5.69 Å². The summed E-state index contributed by atoms with van der Waals surface area (Å²) in [5, 5.41) is 11.9. The number of unbranched alkanes of at least 4 members (excludes halogenated alkanes) is 7. The van der Waals surface area contributed by atoms with Crippen molar-refractivity contribution in [3.05, 3.63) is 21.9 Å². The molecule has 0 aliphatic rings. The number of carboxylic acids is 1. The number of carbonyl (C=O) groups is 1. The lowest BCUT2D eigenvalue weighted by molar-refractivity contribution is -0.138. The number of pyridine rings is 1. The van der Waals surface area contributed by atoms with Crippen LogP contribution in [-0.4, -0.2) is 42.9 Å². The van der Waals surface area contributed by atoms with E-state index in [2.05, 4.69) is 33.2 Å². The molecular formula is C20H33BrF3N3O3. The number of hydrogen-bond acceptors (Lipinski definition) is 5. The third-order valence-corrected chi connectivity index (χ3v) is 4.81. The maximum Gasteiger partial charge on any atom is 0.419 e. The third kappa shape index (κ3) is 13.0. The van der Waals surface area contributed by atoms with Crippen molar-refractivity contribution < 1.29 is 27.8 Å². The molecule has 10 heteroatoms. The van der Waals surface area contributed by atoms with Crippen molar-refractivity contribution in [1.29, 1.82) is 0 Å². The normalized spacial score (nSPS) is 11.1. The molecule has 0 unspecified atom stereocenters. The quantitative estimate of drug-likeness (QED) is 0.244. The van der Waals surface area contributed by atoms with Gasteiger partial charge in [-0.2, -0.15) is 13.2 Å². The highest BCUT2D eigenvalue weighted by Crippen LogP contribution is 2.35. The van der Waals surface area contributed by atoms with Crippen LogP contribution in [0.15, 0.2) is 10.7 Å². The molecular weight excluding hydrogens is 467 g/mol. The molecule has 1 aromatic rings. The number of alkyl halides is 3. The van der Waals surface area contributed by atoms with Crippen LogP contribution in [0.4, 0.5) is 18.9 Å². The van der Waals surface area contributed by atoms with Crippen molar-refractivity contribution in [2.75, 3.05) is 32.5 Å². The first kappa shape index (κ1) is 28.6. The van der Waals surface area contributed by atoms with Crippen LogP contribution in [0.5, 0.6) is 0 Å². The fourth-order valence-corrected chi connectivity index (χ4v) is 3.08. The summed E-state index contributed by atoms with van der Waals surface area (Å²) in [6.07, 6.45) is 6.55. The Hall–Kier alpha value is -1.39. The third-order valence-electron chi connectivity index (χ3n) is 4.20. The first-order chi connectivity index (χ1) is 14.1. The van der Waals surface area contributed by atoms with Crippen LogP contribution in [0.1, 0.15) is 74.3 Å². The number of nitrogen functional groups attached to an aromatic ring is 1. The minimum Gasteiger partial charge on any atom is -0.476 e. The van der Waals surface area contributed by atoms with E-state index in [0.717, 1.165) is 19.7 Å². The Kier molecular flexibility index (Phi) is 15.6. The second-order valence-corrected chi connectivity index (χ2v) is 7.54. The second-order valence-electron chi connectivity index (χ2n) is 6.79. The summed E-state index contributed by atoms with van der Waals surface area (Å²) in [5.41, 5.74) is 2.87. The molecule has 1 aromatic heterocycles. The lowest BCUT2D eigenvalue weighted by Crippen LogP contribution is -2.20. The number of anilines is 1. The first-order valence-electron chi connectivity index (χ1n) is 10.1. The van der Waals surface area contributed by atoms with Crippen molar-refractivity contribution >= 4 is 27.6 Å². The Morgan fingerprint density at radius 3 is 2.23 bits per heavy atom. The van der Waals surface area contributed by atoms with Gasteiger partial charge in [-0.1, -0.05) is 51.9 Å². The first-order valence-corrected chi connectivity index (χ1v) is 10.9. The Morgan fingerprint density at radius 2 is 1.73 bits per heavy atom. The van der Waals surface area contributed by atoms with Gasteiger partial charge in [-0.15, -0.1) is 0 Å². The Bertz CT molecular complexity index is 605. The summed E-state index contributed by atoms with van der Waals surface area (Å²) >= 11 is 2.54. The van der Waals surface area contributed by atoms with Gasteiger partial charge in [-0.05, 0) is 35.0 Å². The molecule has 1 heterocycles. The van der Waals surface area contributed by atoms with E-state index < -0.39 is 33.7 Å². The number of methoxy groups -OCH3 is 1. The van der Waals surface area contributed by atoms with Gasteiger partial charge in [0.05, 0.1) is 17.9 Å². The van der Waals surface area contributed by atoms with E-state index in [4.69, 9.17) is 15.6 Å². The zero-order valence-electron chi connectivity index (χ0n) is 17.7. The average molecular weight is 500 g/mol. The van der Waals surface area contributed by atoms with Crippen molar-refractivity contribution in [2.45, 2.75) is 64.5 Å². The van der Waals surface area contributed by atoms with E-state index in [1.54, 1.807) is 7.11 Å². The van der Waals surface area contributed by atoms with Crippen molar-refractivity contribution in [3.8, 4) is 0 Å². The molecule has 0 spiro atoms. The van der Waals surface area contributed by atoms with Crippen LogP contribution in [0, 0.1) is 0 Å². The lowest BCUT2D eigenvalue weighted by Gasteiger charge is -2.10. The molecule has 0 saturated heterocycles. The lowest BCUT2D eigenvalue weighted by atomic mass is 10.1. The maximum absolute atomic E-state index is 12.3. The number of aromatic carboxylic acids is 1. The topological polar surface area (TPSA) is 97.5 Å². The molecule has 30 heavy (non-hydrogen) atoms. The Balaban J connectivity index is 0.000000561. The number of ether oxygens (including phenoxy) is 1. The van der Waals surface area contributed by atoms with Crippen LogP contribution in [0.2, 0.25) is 0 Å². The number of aromatic nitrogens is 1. The highest BCUT2D eigenvalue weighted by molar-refractivity contribution is 9.10.